The molecule has 1 fully saturated rings. The van der Waals surface area contributed by atoms with Gasteiger partial charge in [-0.15, -0.1) is 0 Å². The second kappa shape index (κ2) is 6.36. The molecule has 2 aliphatic heterocycles. The van der Waals surface area contributed by atoms with Crippen molar-refractivity contribution in [1.82, 2.24) is 10.2 Å². The Morgan fingerprint density at radius 3 is 2.82 bits per heavy atom. The number of carbonyl (C=O) groups excluding carboxylic acids is 1. The molecule has 0 aliphatic carbocycles. The summed E-state index contributed by atoms with van der Waals surface area (Å²) in [7, 11) is 0. The maximum Gasteiger partial charge on any atom is 0.253 e. The molecular weight excluding hydrogens is 323 g/mol. The van der Waals surface area contributed by atoms with Crippen molar-refractivity contribution >= 4 is 29.1 Å². The highest BCUT2D eigenvalue weighted by Crippen LogP contribution is 2.37. The summed E-state index contributed by atoms with van der Waals surface area (Å²) in [6, 6.07) is 3.91. The predicted octanol–water partition coefficient (Wildman–Crippen LogP) is 2.82. The third kappa shape index (κ3) is 2.98. The van der Waals surface area contributed by atoms with Crippen molar-refractivity contribution < 1.29 is 9.53 Å². The molecule has 22 heavy (non-hydrogen) atoms. The molecule has 3 rings (SSSR count). The summed E-state index contributed by atoms with van der Waals surface area (Å²) in [5.74, 6) is 0.0311. The summed E-state index contributed by atoms with van der Waals surface area (Å²) in [6.45, 7) is 5.84. The van der Waals surface area contributed by atoms with E-state index in [2.05, 4.69) is 5.32 Å². The van der Waals surface area contributed by atoms with E-state index in [-0.39, 0.29) is 11.9 Å². The van der Waals surface area contributed by atoms with Crippen LogP contribution in [-0.4, -0.2) is 42.6 Å². The molecule has 1 amide bonds. The lowest BCUT2D eigenvalue weighted by atomic mass is 9.93. The van der Waals surface area contributed by atoms with Gasteiger partial charge in [-0.25, -0.2) is 0 Å². The fourth-order valence-electron chi connectivity index (χ4n) is 3.23. The van der Waals surface area contributed by atoms with Crippen molar-refractivity contribution in [2.24, 2.45) is 0 Å². The highest BCUT2D eigenvalue weighted by atomic mass is 35.5. The second-order valence-corrected chi connectivity index (χ2v) is 6.89. The minimum Gasteiger partial charge on any atom is -0.365 e. The summed E-state index contributed by atoms with van der Waals surface area (Å²) in [6.07, 6.45) is 0.355. The number of hydrogen-bond acceptors (Lipinski definition) is 3. The molecule has 120 valence electrons. The maximum absolute atomic E-state index is 12.8. The van der Waals surface area contributed by atoms with E-state index >= 15 is 0 Å². The number of rotatable bonds is 1. The van der Waals surface area contributed by atoms with Gasteiger partial charge < -0.3 is 15.0 Å². The number of nitrogens with zero attached hydrogens (tertiary/aromatic N) is 1. The number of benzene rings is 1. The van der Waals surface area contributed by atoms with Gasteiger partial charge in [0, 0.05) is 29.2 Å². The van der Waals surface area contributed by atoms with Gasteiger partial charge in [-0.1, -0.05) is 23.2 Å². The third-order valence-corrected chi connectivity index (χ3v) is 4.98. The normalized spacial score (nSPS) is 28.4. The third-order valence-electron chi connectivity index (χ3n) is 4.44. The molecule has 1 aromatic carbocycles. The minimum absolute atomic E-state index is 0.0311. The Kier molecular flexibility index (Phi) is 4.64. The summed E-state index contributed by atoms with van der Waals surface area (Å²) >= 11 is 12.4. The number of nitrogens with one attached hydrogen (secondary N) is 1. The van der Waals surface area contributed by atoms with E-state index in [4.69, 9.17) is 27.9 Å². The first-order chi connectivity index (χ1) is 10.5. The van der Waals surface area contributed by atoms with Crippen molar-refractivity contribution in [2.75, 3.05) is 19.7 Å². The van der Waals surface area contributed by atoms with Crippen LogP contribution >= 0.6 is 23.2 Å². The lowest BCUT2D eigenvalue weighted by Gasteiger charge is -2.39. The monoisotopic (exact) mass is 342 g/mol. The number of fused-ring (bicyclic) bond motifs is 1. The standard InChI is InChI=1S/C16H20Cl2N2O2/c1-9-8-22-14(7-19-9)16(21)20-4-3-11-5-12(17)6-13(18)15(11)10(20)2/h5-6,9-10,14,19H,3-4,7-8H2,1-2H3/t9-,10+,14-/m1/s1. The van der Waals surface area contributed by atoms with Gasteiger partial charge in [0.1, 0.15) is 6.10 Å². The van der Waals surface area contributed by atoms with Crippen LogP contribution in [-0.2, 0) is 16.0 Å². The summed E-state index contributed by atoms with van der Waals surface area (Å²) in [5.41, 5.74) is 2.13. The van der Waals surface area contributed by atoms with Gasteiger partial charge in [0.2, 0.25) is 0 Å². The first-order valence-corrected chi connectivity index (χ1v) is 8.36. The number of ether oxygens (including phenoxy) is 1. The lowest BCUT2D eigenvalue weighted by Crippen LogP contribution is -2.53. The van der Waals surface area contributed by atoms with Crippen molar-refractivity contribution in [3.63, 3.8) is 0 Å². The van der Waals surface area contributed by atoms with E-state index in [0.29, 0.717) is 35.8 Å². The van der Waals surface area contributed by atoms with Crippen LogP contribution in [0.3, 0.4) is 0 Å². The summed E-state index contributed by atoms with van der Waals surface area (Å²) in [4.78, 5) is 14.6. The molecule has 3 atom stereocenters. The van der Waals surface area contributed by atoms with Crippen LogP contribution in [0, 0.1) is 0 Å². The van der Waals surface area contributed by atoms with E-state index in [0.717, 1.165) is 17.5 Å². The minimum atomic E-state index is -0.411. The van der Waals surface area contributed by atoms with Gasteiger partial charge in [0.15, 0.2) is 0 Å². The topological polar surface area (TPSA) is 41.6 Å². The van der Waals surface area contributed by atoms with Gasteiger partial charge in [-0.3, -0.25) is 4.79 Å². The largest absolute Gasteiger partial charge is 0.365 e. The molecule has 1 aromatic rings. The molecule has 1 N–H and O–H groups in total. The lowest BCUT2D eigenvalue weighted by molar-refractivity contribution is -0.149. The van der Waals surface area contributed by atoms with Crippen LogP contribution in [0.4, 0.5) is 0 Å². The SMILES string of the molecule is C[C@@H]1CO[C@@H](C(=O)N2CCc3cc(Cl)cc(Cl)c3[C@@H]2C)CN1. The van der Waals surface area contributed by atoms with Gasteiger partial charge in [-0.2, -0.15) is 0 Å². The Morgan fingerprint density at radius 2 is 2.14 bits per heavy atom. The molecule has 2 heterocycles. The molecule has 1 saturated heterocycles. The molecule has 0 unspecified atom stereocenters. The predicted molar refractivity (Wildman–Crippen MR) is 87.5 cm³/mol. The van der Waals surface area contributed by atoms with E-state index < -0.39 is 6.10 Å². The molecule has 2 aliphatic rings. The summed E-state index contributed by atoms with van der Waals surface area (Å²) in [5, 5.41) is 4.56. The highest BCUT2D eigenvalue weighted by Gasteiger charge is 2.35. The van der Waals surface area contributed by atoms with E-state index in [9.17, 15) is 4.79 Å². The zero-order chi connectivity index (χ0) is 15.9. The van der Waals surface area contributed by atoms with Crippen molar-refractivity contribution in [3.05, 3.63) is 33.3 Å². The Labute approximate surface area is 140 Å². The molecule has 0 aromatic heterocycles. The van der Waals surface area contributed by atoms with Gasteiger partial charge in [-0.05, 0) is 43.5 Å². The molecule has 0 radical (unpaired) electrons. The summed E-state index contributed by atoms with van der Waals surface area (Å²) < 4.78 is 5.68. The Hall–Kier alpha value is -0.810. The Balaban J connectivity index is 1.80. The number of halogens is 2. The number of morpholine rings is 1. The fourth-order valence-corrected chi connectivity index (χ4v) is 3.93. The average Bonchev–Trinajstić information content (AvgIpc) is 2.47. The van der Waals surface area contributed by atoms with Gasteiger partial charge >= 0.3 is 0 Å². The Morgan fingerprint density at radius 1 is 1.36 bits per heavy atom. The molecule has 6 heteroatoms. The van der Waals surface area contributed by atoms with E-state index in [1.807, 2.05) is 24.8 Å². The van der Waals surface area contributed by atoms with Crippen LogP contribution in [0.1, 0.15) is 31.0 Å². The van der Waals surface area contributed by atoms with Crippen LogP contribution in [0.2, 0.25) is 10.0 Å². The second-order valence-electron chi connectivity index (χ2n) is 6.05. The fraction of sp³-hybridized carbons (Fsp3) is 0.562. The smallest absolute Gasteiger partial charge is 0.253 e. The van der Waals surface area contributed by atoms with E-state index in [1.54, 1.807) is 6.07 Å². The number of amides is 1. The zero-order valence-corrected chi connectivity index (χ0v) is 14.2. The molecular formula is C16H20Cl2N2O2. The first-order valence-electron chi connectivity index (χ1n) is 7.60. The quantitative estimate of drug-likeness (QED) is 0.853. The van der Waals surface area contributed by atoms with Crippen LogP contribution in [0.15, 0.2) is 12.1 Å². The van der Waals surface area contributed by atoms with E-state index in [1.165, 1.54) is 0 Å². The van der Waals surface area contributed by atoms with Crippen LogP contribution in [0.5, 0.6) is 0 Å². The molecule has 0 bridgehead atoms. The van der Waals surface area contributed by atoms with Crippen molar-refractivity contribution in [3.8, 4) is 0 Å². The maximum atomic E-state index is 12.8. The zero-order valence-electron chi connectivity index (χ0n) is 12.7. The van der Waals surface area contributed by atoms with Crippen LogP contribution in [0.25, 0.3) is 0 Å². The van der Waals surface area contributed by atoms with Gasteiger partial charge in [0.05, 0.1) is 12.6 Å². The molecule has 0 saturated carbocycles. The highest BCUT2D eigenvalue weighted by molar-refractivity contribution is 6.35. The van der Waals surface area contributed by atoms with Crippen molar-refractivity contribution in [2.45, 2.75) is 38.5 Å². The molecule has 4 nitrogen and oxygen atoms in total. The first kappa shape index (κ1) is 16.1. The number of hydrogen-bond donors (Lipinski definition) is 1. The van der Waals surface area contributed by atoms with Crippen molar-refractivity contribution in [1.29, 1.82) is 0 Å². The average molecular weight is 343 g/mol. The van der Waals surface area contributed by atoms with Gasteiger partial charge in [0.25, 0.3) is 5.91 Å². The Bertz CT molecular complexity index is 586. The number of carbonyl (C=O) groups is 1. The molecule has 0 spiro atoms. The van der Waals surface area contributed by atoms with Crippen LogP contribution < -0.4 is 5.32 Å².